The first-order valence-electron chi connectivity index (χ1n) is 5.97. The molecule has 1 rings (SSSR count). The summed E-state index contributed by atoms with van der Waals surface area (Å²) >= 11 is 0. The highest BCUT2D eigenvalue weighted by atomic mass is 16.2. The summed E-state index contributed by atoms with van der Waals surface area (Å²) in [5, 5.41) is 2.63. The normalized spacial score (nSPS) is 12.3. The van der Waals surface area contributed by atoms with Crippen LogP contribution in [0.15, 0.2) is 24.3 Å². The van der Waals surface area contributed by atoms with Gasteiger partial charge in [0.2, 0.25) is 5.91 Å². The van der Waals surface area contributed by atoms with Crippen molar-refractivity contribution in [2.75, 3.05) is 14.1 Å². The standard InChI is InChI=1S/C14H20N2O2/c1-10(14(18)15-3)16(4)9-12-5-7-13(8-6-12)11(2)17/h5-8,10H,9H2,1-4H3,(H,15,18)/t10-/m0/s1. The average molecular weight is 248 g/mol. The number of carbonyl (C=O) groups is 2. The van der Waals surface area contributed by atoms with Crippen LogP contribution in [-0.4, -0.2) is 36.7 Å². The smallest absolute Gasteiger partial charge is 0.236 e. The molecule has 0 bridgehead atoms. The average Bonchev–Trinajstić information content (AvgIpc) is 2.37. The van der Waals surface area contributed by atoms with Gasteiger partial charge in [0.1, 0.15) is 0 Å². The van der Waals surface area contributed by atoms with Crippen LogP contribution < -0.4 is 5.32 Å². The van der Waals surface area contributed by atoms with Gasteiger partial charge in [-0.3, -0.25) is 14.5 Å². The van der Waals surface area contributed by atoms with E-state index in [1.807, 2.05) is 43.1 Å². The Morgan fingerprint density at radius 2 is 1.83 bits per heavy atom. The third kappa shape index (κ3) is 3.67. The lowest BCUT2D eigenvalue weighted by Crippen LogP contribution is -2.41. The summed E-state index contributed by atoms with van der Waals surface area (Å²) < 4.78 is 0. The predicted molar refractivity (Wildman–Crippen MR) is 71.4 cm³/mol. The number of likely N-dealkylation sites (N-methyl/N-ethyl adjacent to an activating group) is 2. The Morgan fingerprint density at radius 3 is 2.28 bits per heavy atom. The number of hydrogen-bond acceptors (Lipinski definition) is 3. The van der Waals surface area contributed by atoms with Crippen molar-refractivity contribution in [3.8, 4) is 0 Å². The van der Waals surface area contributed by atoms with E-state index in [0.29, 0.717) is 12.1 Å². The van der Waals surface area contributed by atoms with Crippen LogP contribution in [0.4, 0.5) is 0 Å². The van der Waals surface area contributed by atoms with E-state index in [1.54, 1.807) is 14.0 Å². The summed E-state index contributed by atoms with van der Waals surface area (Å²) in [5.74, 6) is 0.0616. The minimum absolute atomic E-state index is 0.00199. The fourth-order valence-corrected chi connectivity index (χ4v) is 1.68. The SMILES string of the molecule is CNC(=O)[C@H](C)N(C)Cc1ccc(C(C)=O)cc1. The summed E-state index contributed by atoms with van der Waals surface area (Å²) in [6, 6.07) is 7.29. The molecule has 0 aliphatic rings. The van der Waals surface area contributed by atoms with E-state index in [9.17, 15) is 9.59 Å². The number of Topliss-reactive ketones (excluding diaryl/α,β-unsaturated/α-hetero) is 1. The van der Waals surface area contributed by atoms with Crippen molar-refractivity contribution in [2.24, 2.45) is 0 Å². The van der Waals surface area contributed by atoms with E-state index in [2.05, 4.69) is 5.32 Å². The molecule has 1 aromatic carbocycles. The maximum Gasteiger partial charge on any atom is 0.236 e. The van der Waals surface area contributed by atoms with Crippen LogP contribution in [0.2, 0.25) is 0 Å². The maximum absolute atomic E-state index is 11.5. The van der Waals surface area contributed by atoms with Crippen LogP contribution in [0.1, 0.15) is 29.8 Å². The number of rotatable bonds is 5. The minimum Gasteiger partial charge on any atom is -0.358 e. The Labute approximate surface area is 108 Å². The van der Waals surface area contributed by atoms with E-state index in [1.165, 1.54) is 0 Å². The molecule has 18 heavy (non-hydrogen) atoms. The molecule has 0 radical (unpaired) electrons. The zero-order chi connectivity index (χ0) is 13.7. The molecule has 0 aromatic heterocycles. The Morgan fingerprint density at radius 1 is 1.28 bits per heavy atom. The van der Waals surface area contributed by atoms with Crippen LogP contribution in [0.5, 0.6) is 0 Å². The van der Waals surface area contributed by atoms with Crippen LogP contribution in [0, 0.1) is 0 Å². The monoisotopic (exact) mass is 248 g/mol. The minimum atomic E-state index is -0.178. The van der Waals surface area contributed by atoms with Gasteiger partial charge in [-0.2, -0.15) is 0 Å². The first kappa shape index (κ1) is 14.4. The summed E-state index contributed by atoms with van der Waals surface area (Å²) in [7, 11) is 3.53. The molecule has 1 atom stereocenters. The molecule has 0 heterocycles. The molecule has 4 nitrogen and oxygen atoms in total. The number of carbonyl (C=O) groups excluding carboxylic acids is 2. The molecule has 1 aromatic rings. The molecule has 0 aliphatic heterocycles. The van der Waals surface area contributed by atoms with Crippen molar-refractivity contribution in [1.82, 2.24) is 10.2 Å². The highest BCUT2D eigenvalue weighted by molar-refractivity contribution is 5.94. The Kier molecular flexibility index (Phi) is 5.04. The Balaban J connectivity index is 2.67. The third-order valence-corrected chi connectivity index (χ3v) is 3.08. The molecule has 0 aliphatic carbocycles. The molecule has 0 unspecified atom stereocenters. The van der Waals surface area contributed by atoms with Crippen LogP contribution >= 0.6 is 0 Å². The summed E-state index contributed by atoms with van der Waals surface area (Å²) in [5.41, 5.74) is 1.79. The summed E-state index contributed by atoms with van der Waals surface area (Å²) in [4.78, 5) is 24.6. The second kappa shape index (κ2) is 6.31. The van der Waals surface area contributed by atoms with E-state index >= 15 is 0 Å². The topological polar surface area (TPSA) is 49.4 Å². The van der Waals surface area contributed by atoms with Crippen LogP contribution in [-0.2, 0) is 11.3 Å². The molecule has 4 heteroatoms. The Hall–Kier alpha value is -1.68. The summed E-state index contributed by atoms with van der Waals surface area (Å²) in [6.45, 7) is 4.09. The highest BCUT2D eigenvalue weighted by Gasteiger charge is 2.16. The maximum atomic E-state index is 11.5. The van der Waals surface area contributed by atoms with Crippen molar-refractivity contribution in [3.05, 3.63) is 35.4 Å². The van der Waals surface area contributed by atoms with E-state index in [-0.39, 0.29) is 17.7 Å². The van der Waals surface area contributed by atoms with Crippen molar-refractivity contribution in [2.45, 2.75) is 26.4 Å². The van der Waals surface area contributed by atoms with Gasteiger partial charge in [0.25, 0.3) is 0 Å². The number of ketones is 1. The van der Waals surface area contributed by atoms with Crippen molar-refractivity contribution >= 4 is 11.7 Å². The molecule has 1 N–H and O–H groups in total. The number of amides is 1. The van der Waals surface area contributed by atoms with Gasteiger partial charge in [0.05, 0.1) is 6.04 Å². The van der Waals surface area contributed by atoms with Crippen LogP contribution in [0.25, 0.3) is 0 Å². The molecule has 0 saturated carbocycles. The lowest BCUT2D eigenvalue weighted by molar-refractivity contribution is -0.125. The first-order chi connectivity index (χ1) is 8.45. The quantitative estimate of drug-likeness (QED) is 0.802. The molecule has 0 fully saturated rings. The second-order valence-corrected chi connectivity index (χ2v) is 4.46. The molecule has 1 amide bonds. The second-order valence-electron chi connectivity index (χ2n) is 4.46. The fraction of sp³-hybridized carbons (Fsp3) is 0.429. The molecular weight excluding hydrogens is 228 g/mol. The number of nitrogens with one attached hydrogen (secondary N) is 1. The molecule has 98 valence electrons. The highest BCUT2D eigenvalue weighted by Crippen LogP contribution is 2.09. The Bertz CT molecular complexity index is 426. The van der Waals surface area contributed by atoms with Gasteiger partial charge in [-0.25, -0.2) is 0 Å². The lowest BCUT2D eigenvalue weighted by Gasteiger charge is -2.23. The van der Waals surface area contributed by atoms with Crippen molar-refractivity contribution < 1.29 is 9.59 Å². The van der Waals surface area contributed by atoms with E-state index in [4.69, 9.17) is 0 Å². The number of hydrogen-bond donors (Lipinski definition) is 1. The zero-order valence-electron chi connectivity index (χ0n) is 11.4. The fourth-order valence-electron chi connectivity index (χ4n) is 1.68. The van der Waals surface area contributed by atoms with Gasteiger partial charge < -0.3 is 5.32 Å². The van der Waals surface area contributed by atoms with E-state index < -0.39 is 0 Å². The molecule has 0 saturated heterocycles. The summed E-state index contributed by atoms with van der Waals surface area (Å²) in [6.07, 6.45) is 0. The molecule has 0 spiro atoms. The lowest BCUT2D eigenvalue weighted by atomic mass is 10.1. The van der Waals surface area contributed by atoms with Gasteiger partial charge >= 0.3 is 0 Å². The van der Waals surface area contributed by atoms with Gasteiger partial charge in [0, 0.05) is 19.2 Å². The van der Waals surface area contributed by atoms with Crippen molar-refractivity contribution in [3.63, 3.8) is 0 Å². The van der Waals surface area contributed by atoms with Gasteiger partial charge in [-0.1, -0.05) is 24.3 Å². The third-order valence-electron chi connectivity index (χ3n) is 3.08. The van der Waals surface area contributed by atoms with E-state index in [0.717, 1.165) is 5.56 Å². The van der Waals surface area contributed by atoms with Gasteiger partial charge in [0.15, 0.2) is 5.78 Å². The molecular formula is C14H20N2O2. The largest absolute Gasteiger partial charge is 0.358 e. The first-order valence-corrected chi connectivity index (χ1v) is 5.97. The van der Waals surface area contributed by atoms with Crippen molar-refractivity contribution in [1.29, 1.82) is 0 Å². The van der Waals surface area contributed by atoms with Crippen LogP contribution in [0.3, 0.4) is 0 Å². The number of benzene rings is 1. The zero-order valence-corrected chi connectivity index (χ0v) is 11.4. The predicted octanol–water partition coefficient (Wildman–Crippen LogP) is 1.46. The number of nitrogens with zero attached hydrogens (tertiary/aromatic N) is 1. The van der Waals surface area contributed by atoms with Gasteiger partial charge in [-0.05, 0) is 26.5 Å². The van der Waals surface area contributed by atoms with Gasteiger partial charge in [-0.15, -0.1) is 0 Å².